The van der Waals surface area contributed by atoms with E-state index >= 15 is 0 Å². The summed E-state index contributed by atoms with van der Waals surface area (Å²) in [7, 11) is 2.12. The lowest BCUT2D eigenvalue weighted by Gasteiger charge is -2.33. The lowest BCUT2D eigenvalue weighted by Crippen LogP contribution is -2.46. The zero-order valence-electron chi connectivity index (χ0n) is 14.2. The lowest BCUT2D eigenvalue weighted by atomic mass is 9.94. The molecule has 0 aromatic heterocycles. The second kappa shape index (κ2) is 7.32. The van der Waals surface area contributed by atoms with Crippen LogP contribution in [0.2, 0.25) is 0 Å². The normalized spacial score (nSPS) is 19.1. The standard InChI is InChI=1S/C18H25N3O3/c1-19-8-10-20(11-9-19)6-5-18(24)21-7-4-15-14(12-21)2-3-17(23)16(15)13-22/h2-3,13,23H,4-12H2,1H3. The highest BCUT2D eigenvalue weighted by molar-refractivity contribution is 5.83. The first kappa shape index (κ1) is 16.9. The van der Waals surface area contributed by atoms with Crippen LogP contribution in [0.3, 0.4) is 0 Å². The summed E-state index contributed by atoms with van der Waals surface area (Å²) in [6.07, 6.45) is 1.87. The zero-order chi connectivity index (χ0) is 17.1. The van der Waals surface area contributed by atoms with Crippen LogP contribution in [0, 0.1) is 0 Å². The Morgan fingerprint density at radius 3 is 2.67 bits per heavy atom. The van der Waals surface area contributed by atoms with Gasteiger partial charge in [-0.25, -0.2) is 0 Å². The van der Waals surface area contributed by atoms with Gasteiger partial charge < -0.3 is 19.8 Å². The van der Waals surface area contributed by atoms with Crippen molar-refractivity contribution in [3.8, 4) is 5.75 Å². The maximum atomic E-state index is 12.5. The molecule has 130 valence electrons. The summed E-state index contributed by atoms with van der Waals surface area (Å²) in [5.74, 6) is 0.193. The van der Waals surface area contributed by atoms with Gasteiger partial charge >= 0.3 is 0 Å². The second-order valence-corrected chi connectivity index (χ2v) is 6.71. The topological polar surface area (TPSA) is 64.1 Å². The molecule has 3 rings (SSSR count). The van der Waals surface area contributed by atoms with Crippen molar-refractivity contribution in [2.45, 2.75) is 19.4 Å². The van der Waals surface area contributed by atoms with Crippen LogP contribution in [0.4, 0.5) is 0 Å². The van der Waals surface area contributed by atoms with E-state index in [1.54, 1.807) is 6.07 Å². The number of piperazine rings is 1. The Morgan fingerprint density at radius 1 is 1.21 bits per heavy atom. The third-order valence-corrected chi connectivity index (χ3v) is 5.13. The average Bonchev–Trinajstić information content (AvgIpc) is 2.60. The van der Waals surface area contributed by atoms with E-state index in [9.17, 15) is 14.7 Å². The molecule has 2 heterocycles. The predicted octanol–water partition coefficient (Wildman–Crippen LogP) is 0.727. The van der Waals surface area contributed by atoms with Crippen LogP contribution in [0.15, 0.2) is 12.1 Å². The van der Waals surface area contributed by atoms with Crippen molar-refractivity contribution in [1.82, 2.24) is 14.7 Å². The number of carbonyl (C=O) groups excluding carboxylic acids is 2. The fourth-order valence-corrected chi connectivity index (χ4v) is 3.50. The van der Waals surface area contributed by atoms with Gasteiger partial charge in [-0.15, -0.1) is 0 Å². The van der Waals surface area contributed by atoms with Crippen LogP contribution < -0.4 is 0 Å². The molecular formula is C18H25N3O3. The van der Waals surface area contributed by atoms with E-state index in [4.69, 9.17) is 0 Å². The predicted molar refractivity (Wildman–Crippen MR) is 91.2 cm³/mol. The number of phenols is 1. The summed E-state index contributed by atoms with van der Waals surface area (Å²) in [6, 6.07) is 3.36. The molecule has 1 saturated heterocycles. The summed E-state index contributed by atoms with van der Waals surface area (Å²) in [5, 5.41) is 9.77. The highest BCUT2D eigenvalue weighted by Gasteiger charge is 2.24. The molecule has 0 atom stereocenters. The summed E-state index contributed by atoms with van der Waals surface area (Å²) in [4.78, 5) is 30.2. The van der Waals surface area contributed by atoms with Gasteiger partial charge in [0.05, 0.1) is 5.56 Å². The fourth-order valence-electron chi connectivity index (χ4n) is 3.50. The Balaban J connectivity index is 1.57. The Bertz CT molecular complexity index is 624. The molecule has 0 radical (unpaired) electrons. The summed E-state index contributed by atoms with van der Waals surface area (Å²) < 4.78 is 0. The van der Waals surface area contributed by atoms with Crippen molar-refractivity contribution < 1.29 is 14.7 Å². The molecule has 2 aliphatic heterocycles. The van der Waals surface area contributed by atoms with Crippen molar-refractivity contribution >= 4 is 12.2 Å². The minimum absolute atomic E-state index is 0.0265. The van der Waals surface area contributed by atoms with E-state index in [0.29, 0.717) is 37.8 Å². The SMILES string of the molecule is CN1CCN(CCC(=O)N2CCc3c(ccc(O)c3C=O)C2)CC1. The van der Waals surface area contributed by atoms with E-state index in [0.717, 1.165) is 43.9 Å². The Hall–Kier alpha value is -1.92. The molecule has 6 heteroatoms. The number of rotatable bonds is 4. The van der Waals surface area contributed by atoms with Gasteiger partial charge in [-0.3, -0.25) is 9.59 Å². The van der Waals surface area contributed by atoms with Crippen LogP contribution in [0.1, 0.15) is 27.9 Å². The minimum Gasteiger partial charge on any atom is -0.507 e. The van der Waals surface area contributed by atoms with Gasteiger partial charge in [0.2, 0.25) is 5.91 Å². The molecule has 1 fully saturated rings. The molecular weight excluding hydrogens is 306 g/mol. The number of phenolic OH excluding ortho intramolecular Hbond substituents is 1. The number of likely N-dealkylation sites (N-methyl/N-ethyl adjacent to an activating group) is 1. The minimum atomic E-state index is 0.0265. The van der Waals surface area contributed by atoms with Crippen molar-refractivity contribution in [3.05, 3.63) is 28.8 Å². The number of benzene rings is 1. The molecule has 1 aromatic carbocycles. The number of amides is 1. The van der Waals surface area contributed by atoms with Crippen LogP contribution >= 0.6 is 0 Å². The number of carbonyl (C=O) groups is 2. The first-order chi connectivity index (χ1) is 11.6. The van der Waals surface area contributed by atoms with Crippen LogP contribution in [-0.2, 0) is 17.8 Å². The van der Waals surface area contributed by atoms with Crippen LogP contribution in [0.25, 0.3) is 0 Å². The van der Waals surface area contributed by atoms with Gasteiger partial charge in [0.15, 0.2) is 6.29 Å². The van der Waals surface area contributed by atoms with Gasteiger partial charge in [-0.2, -0.15) is 0 Å². The molecule has 6 nitrogen and oxygen atoms in total. The number of nitrogens with zero attached hydrogens (tertiary/aromatic N) is 3. The van der Waals surface area contributed by atoms with Crippen molar-refractivity contribution in [2.75, 3.05) is 46.3 Å². The molecule has 1 amide bonds. The molecule has 0 bridgehead atoms. The highest BCUT2D eigenvalue weighted by Crippen LogP contribution is 2.28. The van der Waals surface area contributed by atoms with Crippen molar-refractivity contribution in [3.63, 3.8) is 0 Å². The molecule has 1 N–H and O–H groups in total. The van der Waals surface area contributed by atoms with Crippen LogP contribution in [0.5, 0.6) is 5.75 Å². The second-order valence-electron chi connectivity index (χ2n) is 6.71. The van der Waals surface area contributed by atoms with E-state index in [1.165, 1.54) is 0 Å². The molecule has 0 unspecified atom stereocenters. The summed E-state index contributed by atoms with van der Waals surface area (Å²) >= 11 is 0. The Labute approximate surface area is 142 Å². The van der Waals surface area contributed by atoms with Gasteiger partial charge in [0, 0.05) is 52.2 Å². The number of hydrogen-bond acceptors (Lipinski definition) is 5. The number of aldehydes is 1. The summed E-state index contributed by atoms with van der Waals surface area (Å²) in [6.45, 7) is 6.11. The maximum absolute atomic E-state index is 12.5. The molecule has 0 spiro atoms. The smallest absolute Gasteiger partial charge is 0.224 e. The zero-order valence-corrected chi connectivity index (χ0v) is 14.2. The van der Waals surface area contributed by atoms with Gasteiger partial charge in [0.25, 0.3) is 0 Å². The van der Waals surface area contributed by atoms with E-state index in [-0.39, 0.29) is 11.7 Å². The maximum Gasteiger partial charge on any atom is 0.224 e. The largest absolute Gasteiger partial charge is 0.507 e. The van der Waals surface area contributed by atoms with E-state index in [2.05, 4.69) is 16.8 Å². The Morgan fingerprint density at radius 2 is 1.96 bits per heavy atom. The monoisotopic (exact) mass is 331 g/mol. The van der Waals surface area contributed by atoms with E-state index in [1.807, 2.05) is 11.0 Å². The summed E-state index contributed by atoms with van der Waals surface area (Å²) in [5.41, 5.74) is 2.22. The fraction of sp³-hybridized carbons (Fsp3) is 0.556. The first-order valence-electron chi connectivity index (χ1n) is 8.56. The molecule has 24 heavy (non-hydrogen) atoms. The van der Waals surface area contributed by atoms with E-state index < -0.39 is 0 Å². The quantitative estimate of drug-likeness (QED) is 0.824. The molecule has 1 aromatic rings. The number of aromatic hydroxyl groups is 1. The Kier molecular flexibility index (Phi) is 5.16. The molecule has 0 saturated carbocycles. The van der Waals surface area contributed by atoms with Crippen molar-refractivity contribution in [2.24, 2.45) is 0 Å². The van der Waals surface area contributed by atoms with Gasteiger partial charge in [0.1, 0.15) is 5.75 Å². The van der Waals surface area contributed by atoms with Crippen molar-refractivity contribution in [1.29, 1.82) is 0 Å². The number of fused-ring (bicyclic) bond motifs is 1. The van der Waals surface area contributed by atoms with Gasteiger partial charge in [-0.1, -0.05) is 6.07 Å². The molecule has 0 aliphatic carbocycles. The molecule has 2 aliphatic rings. The number of hydrogen-bond donors (Lipinski definition) is 1. The highest BCUT2D eigenvalue weighted by atomic mass is 16.3. The average molecular weight is 331 g/mol. The third-order valence-electron chi connectivity index (χ3n) is 5.13. The lowest BCUT2D eigenvalue weighted by molar-refractivity contribution is -0.132. The van der Waals surface area contributed by atoms with Gasteiger partial charge in [-0.05, 0) is 30.7 Å². The van der Waals surface area contributed by atoms with Crippen LogP contribution in [-0.4, -0.2) is 78.3 Å². The first-order valence-corrected chi connectivity index (χ1v) is 8.56. The third kappa shape index (κ3) is 3.60.